The van der Waals surface area contributed by atoms with E-state index in [0.717, 1.165) is 22.5 Å². The summed E-state index contributed by atoms with van der Waals surface area (Å²) in [6.45, 7) is 2.43. The molecule has 4 rings (SSSR count). The number of fused-ring (bicyclic) bond motifs is 1. The van der Waals surface area contributed by atoms with Crippen LogP contribution in [0.4, 0.5) is 5.69 Å². The lowest BCUT2D eigenvalue weighted by molar-refractivity contribution is -0.128. The van der Waals surface area contributed by atoms with Crippen molar-refractivity contribution in [2.75, 3.05) is 4.90 Å². The third-order valence-corrected chi connectivity index (χ3v) is 6.22. The molecule has 3 aromatic rings. The van der Waals surface area contributed by atoms with E-state index in [1.165, 1.54) is 6.92 Å². The summed E-state index contributed by atoms with van der Waals surface area (Å²) in [7, 11) is 0. The van der Waals surface area contributed by atoms with Crippen LogP contribution in [0, 0.1) is 17.2 Å². The number of benzene rings is 2. The summed E-state index contributed by atoms with van der Waals surface area (Å²) in [5, 5.41) is 12.5. The van der Waals surface area contributed by atoms with Gasteiger partial charge in [-0.15, -0.1) is 0 Å². The van der Waals surface area contributed by atoms with E-state index in [2.05, 4.69) is 16.0 Å². The second kappa shape index (κ2) is 10.1. The molecule has 1 aromatic heterocycles. The second-order valence-corrected chi connectivity index (χ2v) is 8.84. The molecule has 170 valence electrons. The van der Waals surface area contributed by atoms with Crippen molar-refractivity contribution in [3.63, 3.8) is 0 Å². The number of hydrogen-bond donors (Lipinski definition) is 1. The number of rotatable bonds is 8. The van der Waals surface area contributed by atoms with E-state index in [1.54, 1.807) is 4.90 Å². The lowest BCUT2D eigenvalue weighted by Gasteiger charge is -2.37. The topological polar surface area (TPSA) is 91.0 Å². The lowest BCUT2D eigenvalue weighted by Crippen LogP contribution is -2.50. The molecule has 0 saturated heterocycles. The zero-order valence-electron chi connectivity index (χ0n) is 18.5. The van der Waals surface area contributed by atoms with Gasteiger partial charge in [-0.05, 0) is 49.6 Å². The molecule has 0 radical (unpaired) electrons. The quantitative estimate of drug-likeness (QED) is 0.500. The average Bonchev–Trinajstić information content (AvgIpc) is 3.10. The standard InChI is InChI=1S/C25H26ClN5O2/c1-17(32)28-20-13-18(14-20)25(33)31(21-7-3-2-4-8-21)16-24-29-22-15-19(26)9-10-23(22)30(24)12-6-5-11-27/h2-4,7-10,15,18,20H,5-6,12-14,16H2,1H3,(H,28,32). The minimum absolute atomic E-state index is 0.0245. The highest BCUT2D eigenvalue weighted by Gasteiger charge is 2.38. The van der Waals surface area contributed by atoms with E-state index < -0.39 is 0 Å². The summed E-state index contributed by atoms with van der Waals surface area (Å²) in [5.41, 5.74) is 2.51. The first kappa shape index (κ1) is 22.8. The lowest BCUT2D eigenvalue weighted by atomic mass is 9.79. The molecule has 0 bridgehead atoms. The van der Waals surface area contributed by atoms with E-state index in [-0.39, 0.29) is 23.8 Å². The van der Waals surface area contributed by atoms with E-state index >= 15 is 0 Å². The van der Waals surface area contributed by atoms with Crippen molar-refractivity contribution in [1.82, 2.24) is 14.9 Å². The van der Waals surface area contributed by atoms with Crippen LogP contribution in [0.5, 0.6) is 0 Å². The molecule has 1 aliphatic carbocycles. The number of aryl methyl sites for hydroxylation is 1. The summed E-state index contributed by atoms with van der Waals surface area (Å²) < 4.78 is 2.08. The zero-order chi connectivity index (χ0) is 23.4. The van der Waals surface area contributed by atoms with Gasteiger partial charge >= 0.3 is 0 Å². The number of para-hydroxylation sites is 1. The Labute approximate surface area is 198 Å². The molecular weight excluding hydrogens is 438 g/mol. The number of unbranched alkanes of at least 4 members (excludes halogenated alkanes) is 1. The first-order valence-electron chi connectivity index (χ1n) is 11.1. The van der Waals surface area contributed by atoms with E-state index in [0.29, 0.717) is 43.8 Å². The predicted octanol–water partition coefficient (Wildman–Crippen LogP) is 4.44. The molecule has 1 heterocycles. The van der Waals surface area contributed by atoms with Crippen LogP contribution in [0.2, 0.25) is 5.02 Å². The summed E-state index contributed by atoms with van der Waals surface area (Å²) in [5.74, 6) is 0.556. The van der Waals surface area contributed by atoms with Gasteiger partial charge in [0.05, 0.1) is 23.6 Å². The molecule has 8 heteroatoms. The zero-order valence-corrected chi connectivity index (χ0v) is 19.3. The number of carbonyl (C=O) groups excluding carboxylic acids is 2. The molecular formula is C25H26ClN5O2. The van der Waals surface area contributed by atoms with Gasteiger partial charge in [0.15, 0.2) is 0 Å². The Morgan fingerprint density at radius 1 is 1.24 bits per heavy atom. The molecule has 0 unspecified atom stereocenters. The highest BCUT2D eigenvalue weighted by atomic mass is 35.5. The van der Waals surface area contributed by atoms with Gasteiger partial charge in [0, 0.05) is 42.6 Å². The van der Waals surface area contributed by atoms with Gasteiger partial charge in [-0.2, -0.15) is 5.26 Å². The number of imidazole rings is 1. The molecule has 1 saturated carbocycles. The Bertz CT molecular complexity index is 1190. The summed E-state index contributed by atoms with van der Waals surface area (Å²) in [4.78, 5) is 31.4. The van der Waals surface area contributed by atoms with Gasteiger partial charge in [-0.3, -0.25) is 9.59 Å². The van der Waals surface area contributed by atoms with Crippen LogP contribution in [-0.4, -0.2) is 27.4 Å². The number of amides is 2. The highest BCUT2D eigenvalue weighted by molar-refractivity contribution is 6.31. The van der Waals surface area contributed by atoms with Crippen molar-refractivity contribution in [2.45, 2.75) is 51.7 Å². The molecule has 1 fully saturated rings. The van der Waals surface area contributed by atoms with E-state index in [1.807, 2.05) is 48.5 Å². The van der Waals surface area contributed by atoms with Gasteiger partial charge < -0.3 is 14.8 Å². The Morgan fingerprint density at radius 2 is 2.00 bits per heavy atom. The van der Waals surface area contributed by atoms with Crippen molar-refractivity contribution in [3.8, 4) is 6.07 Å². The fourth-order valence-electron chi connectivity index (χ4n) is 4.33. The number of nitrogens with zero attached hydrogens (tertiary/aromatic N) is 4. The van der Waals surface area contributed by atoms with Crippen molar-refractivity contribution in [3.05, 3.63) is 59.4 Å². The number of nitrogens with one attached hydrogen (secondary N) is 1. The number of carbonyl (C=O) groups is 2. The molecule has 1 aliphatic rings. The number of anilines is 1. The van der Waals surface area contributed by atoms with Gasteiger partial charge in [0.1, 0.15) is 5.82 Å². The van der Waals surface area contributed by atoms with Crippen LogP contribution in [-0.2, 0) is 22.7 Å². The van der Waals surface area contributed by atoms with Crippen LogP contribution in [0.15, 0.2) is 48.5 Å². The summed E-state index contributed by atoms with van der Waals surface area (Å²) in [6, 6.07) is 17.4. The van der Waals surface area contributed by atoms with Crippen LogP contribution in [0.1, 0.15) is 38.4 Å². The Balaban J connectivity index is 1.64. The largest absolute Gasteiger partial charge is 0.354 e. The van der Waals surface area contributed by atoms with Crippen molar-refractivity contribution >= 4 is 40.1 Å². The fourth-order valence-corrected chi connectivity index (χ4v) is 4.50. The molecule has 0 atom stereocenters. The summed E-state index contributed by atoms with van der Waals surface area (Å²) in [6.07, 6.45) is 2.41. The number of halogens is 1. The normalized spacial score (nSPS) is 17.2. The van der Waals surface area contributed by atoms with E-state index in [4.69, 9.17) is 21.8 Å². The minimum atomic E-state index is -0.145. The Kier molecular flexibility index (Phi) is 6.95. The maximum atomic E-state index is 13.5. The smallest absolute Gasteiger partial charge is 0.230 e. The Hall–Kier alpha value is -3.37. The third kappa shape index (κ3) is 5.18. The molecule has 1 N–H and O–H groups in total. The van der Waals surface area contributed by atoms with Gasteiger partial charge in [0.2, 0.25) is 11.8 Å². The van der Waals surface area contributed by atoms with Crippen molar-refractivity contribution in [2.24, 2.45) is 5.92 Å². The van der Waals surface area contributed by atoms with Crippen LogP contribution >= 0.6 is 11.6 Å². The fraction of sp³-hybridized carbons (Fsp3) is 0.360. The average molecular weight is 464 g/mol. The first-order valence-corrected chi connectivity index (χ1v) is 11.5. The number of hydrogen-bond acceptors (Lipinski definition) is 4. The molecule has 0 spiro atoms. The van der Waals surface area contributed by atoms with Gasteiger partial charge in [-0.1, -0.05) is 29.8 Å². The van der Waals surface area contributed by atoms with Crippen LogP contribution < -0.4 is 10.2 Å². The van der Waals surface area contributed by atoms with Crippen molar-refractivity contribution in [1.29, 1.82) is 5.26 Å². The third-order valence-electron chi connectivity index (χ3n) is 5.99. The van der Waals surface area contributed by atoms with E-state index in [9.17, 15) is 9.59 Å². The molecule has 33 heavy (non-hydrogen) atoms. The van der Waals surface area contributed by atoms with Gasteiger partial charge in [-0.25, -0.2) is 4.98 Å². The van der Waals surface area contributed by atoms with Crippen LogP contribution in [0.3, 0.4) is 0 Å². The van der Waals surface area contributed by atoms with Gasteiger partial charge in [0.25, 0.3) is 0 Å². The Morgan fingerprint density at radius 3 is 2.70 bits per heavy atom. The maximum absolute atomic E-state index is 13.5. The predicted molar refractivity (Wildman–Crippen MR) is 128 cm³/mol. The first-order chi connectivity index (χ1) is 16.0. The second-order valence-electron chi connectivity index (χ2n) is 8.40. The highest BCUT2D eigenvalue weighted by Crippen LogP contribution is 2.32. The molecule has 7 nitrogen and oxygen atoms in total. The maximum Gasteiger partial charge on any atom is 0.230 e. The molecule has 0 aliphatic heterocycles. The number of aromatic nitrogens is 2. The SMILES string of the molecule is CC(=O)NC1CC(C(=O)N(Cc2nc3cc(Cl)ccc3n2CCCC#N)c2ccccc2)C1. The van der Waals surface area contributed by atoms with Crippen LogP contribution in [0.25, 0.3) is 11.0 Å². The molecule has 2 amide bonds. The minimum Gasteiger partial charge on any atom is -0.354 e. The monoisotopic (exact) mass is 463 g/mol. The summed E-state index contributed by atoms with van der Waals surface area (Å²) >= 11 is 6.19. The molecule has 2 aromatic carbocycles. The van der Waals surface area contributed by atoms with Crippen molar-refractivity contribution < 1.29 is 9.59 Å². The number of nitriles is 1.